The van der Waals surface area contributed by atoms with Crippen LogP contribution in [-0.2, 0) is 9.53 Å². The molecule has 0 saturated heterocycles. The molecule has 0 unspecified atom stereocenters. The van der Waals surface area contributed by atoms with Crippen molar-refractivity contribution in [2.75, 3.05) is 0 Å². The normalized spacial score (nSPS) is 35.1. The minimum absolute atomic E-state index is 0.207. The van der Waals surface area contributed by atoms with Crippen molar-refractivity contribution in [1.82, 2.24) is 5.32 Å². The van der Waals surface area contributed by atoms with Gasteiger partial charge in [0.05, 0.1) is 0 Å². The predicted octanol–water partition coefficient (Wildman–Crippen LogP) is 2.66. The van der Waals surface area contributed by atoms with Gasteiger partial charge in [0, 0.05) is 12.0 Å². The van der Waals surface area contributed by atoms with Gasteiger partial charge in [-0.25, -0.2) is 4.79 Å². The number of aldehydes is 1. The van der Waals surface area contributed by atoms with E-state index in [1.807, 2.05) is 20.8 Å². The molecule has 2 saturated carbocycles. The molecule has 0 heterocycles. The van der Waals surface area contributed by atoms with Crippen LogP contribution in [0.2, 0.25) is 0 Å². The lowest BCUT2D eigenvalue weighted by Crippen LogP contribution is -2.41. The third kappa shape index (κ3) is 3.03. The highest BCUT2D eigenvalue weighted by atomic mass is 16.6. The first kappa shape index (κ1) is 13.4. The Labute approximate surface area is 108 Å². The van der Waals surface area contributed by atoms with Gasteiger partial charge in [0.15, 0.2) is 0 Å². The SMILES string of the molecule is CC(C)(C)OC(=O)NC1CCC2(CC1)C[C@@H]2C=O. The van der Waals surface area contributed by atoms with E-state index in [9.17, 15) is 9.59 Å². The molecule has 1 atom stereocenters. The van der Waals surface area contributed by atoms with Gasteiger partial charge in [-0.15, -0.1) is 0 Å². The molecule has 2 fully saturated rings. The molecule has 1 amide bonds. The number of carbonyl (C=O) groups is 2. The Morgan fingerprint density at radius 1 is 1.33 bits per heavy atom. The first-order valence-electron chi connectivity index (χ1n) is 6.79. The van der Waals surface area contributed by atoms with Crippen molar-refractivity contribution >= 4 is 12.4 Å². The maximum absolute atomic E-state index is 11.6. The average Bonchev–Trinajstić information content (AvgIpc) is 2.93. The summed E-state index contributed by atoms with van der Waals surface area (Å²) in [7, 11) is 0. The molecular formula is C14H23NO3. The lowest BCUT2D eigenvalue weighted by Gasteiger charge is -2.30. The van der Waals surface area contributed by atoms with Crippen LogP contribution in [-0.4, -0.2) is 24.0 Å². The highest BCUT2D eigenvalue weighted by Gasteiger charge is 2.54. The quantitative estimate of drug-likeness (QED) is 0.770. The van der Waals surface area contributed by atoms with Crippen LogP contribution in [0.25, 0.3) is 0 Å². The highest BCUT2D eigenvalue weighted by molar-refractivity contribution is 5.68. The Kier molecular flexibility index (Phi) is 3.39. The molecule has 2 aliphatic carbocycles. The first-order valence-corrected chi connectivity index (χ1v) is 6.79. The number of rotatable bonds is 2. The third-order valence-corrected chi connectivity index (χ3v) is 4.12. The minimum Gasteiger partial charge on any atom is -0.444 e. The molecule has 0 aliphatic heterocycles. The molecule has 102 valence electrons. The van der Waals surface area contributed by atoms with Crippen LogP contribution in [0, 0.1) is 11.3 Å². The molecule has 0 aromatic rings. The van der Waals surface area contributed by atoms with Crippen LogP contribution < -0.4 is 5.32 Å². The zero-order valence-electron chi connectivity index (χ0n) is 11.5. The lowest BCUT2D eigenvalue weighted by molar-refractivity contribution is -0.109. The van der Waals surface area contributed by atoms with Crippen molar-refractivity contribution in [3.8, 4) is 0 Å². The highest BCUT2D eigenvalue weighted by Crippen LogP contribution is 2.60. The zero-order chi connectivity index (χ0) is 13.4. The van der Waals surface area contributed by atoms with Gasteiger partial charge in [-0.1, -0.05) is 0 Å². The number of amides is 1. The molecule has 0 aromatic heterocycles. The summed E-state index contributed by atoms with van der Waals surface area (Å²) in [5.74, 6) is 0.278. The summed E-state index contributed by atoms with van der Waals surface area (Å²) in [5, 5.41) is 2.92. The molecule has 0 aromatic carbocycles. The number of alkyl carbamates (subject to hydrolysis) is 1. The van der Waals surface area contributed by atoms with Crippen LogP contribution >= 0.6 is 0 Å². The van der Waals surface area contributed by atoms with Gasteiger partial charge in [-0.2, -0.15) is 0 Å². The molecular weight excluding hydrogens is 230 g/mol. The standard InChI is InChI=1S/C14H23NO3/c1-13(2,3)18-12(17)15-11-4-6-14(7-5-11)8-10(14)9-16/h9-11H,4-8H2,1-3H3,(H,15,17)/t10-,11?,14?/m1/s1. The molecule has 18 heavy (non-hydrogen) atoms. The summed E-state index contributed by atoms with van der Waals surface area (Å²) in [5.41, 5.74) is -0.160. The number of carbonyl (C=O) groups excluding carboxylic acids is 2. The molecule has 1 N–H and O–H groups in total. The second kappa shape index (κ2) is 4.56. The Hall–Kier alpha value is -1.06. The first-order chi connectivity index (χ1) is 8.35. The number of nitrogens with one attached hydrogen (secondary N) is 1. The monoisotopic (exact) mass is 253 g/mol. The van der Waals surface area contributed by atoms with E-state index in [2.05, 4.69) is 5.32 Å². The van der Waals surface area contributed by atoms with Crippen molar-refractivity contribution < 1.29 is 14.3 Å². The van der Waals surface area contributed by atoms with Crippen molar-refractivity contribution in [2.45, 2.75) is 64.5 Å². The van der Waals surface area contributed by atoms with E-state index in [0.717, 1.165) is 38.4 Å². The minimum atomic E-state index is -0.445. The second-order valence-electron chi connectivity index (χ2n) is 6.73. The molecule has 0 radical (unpaired) electrons. The van der Waals surface area contributed by atoms with Gasteiger partial charge in [0.25, 0.3) is 0 Å². The van der Waals surface area contributed by atoms with Gasteiger partial charge in [-0.3, -0.25) is 0 Å². The summed E-state index contributed by atoms with van der Waals surface area (Å²) in [6.45, 7) is 5.59. The summed E-state index contributed by atoms with van der Waals surface area (Å²) in [4.78, 5) is 22.4. The molecule has 1 spiro atoms. The third-order valence-electron chi connectivity index (χ3n) is 4.12. The summed E-state index contributed by atoms with van der Waals surface area (Å²) in [6, 6.07) is 0.207. The second-order valence-corrected chi connectivity index (χ2v) is 6.73. The number of ether oxygens (including phenoxy) is 1. The van der Waals surface area contributed by atoms with E-state index in [0.29, 0.717) is 0 Å². The number of hydrogen-bond donors (Lipinski definition) is 1. The van der Waals surface area contributed by atoms with Crippen molar-refractivity contribution in [1.29, 1.82) is 0 Å². The van der Waals surface area contributed by atoms with Gasteiger partial charge in [-0.05, 0) is 58.3 Å². The molecule has 0 bridgehead atoms. The van der Waals surface area contributed by atoms with Gasteiger partial charge < -0.3 is 14.8 Å². The van der Waals surface area contributed by atoms with Crippen LogP contribution in [0.1, 0.15) is 52.9 Å². The van der Waals surface area contributed by atoms with Crippen molar-refractivity contribution in [3.05, 3.63) is 0 Å². The Morgan fingerprint density at radius 2 is 1.94 bits per heavy atom. The average molecular weight is 253 g/mol. The maximum atomic E-state index is 11.6. The largest absolute Gasteiger partial charge is 0.444 e. The molecule has 2 aliphatic rings. The van der Waals surface area contributed by atoms with Gasteiger partial charge in [0.2, 0.25) is 0 Å². The van der Waals surface area contributed by atoms with Crippen LogP contribution in [0.15, 0.2) is 0 Å². The lowest BCUT2D eigenvalue weighted by atomic mass is 9.82. The Morgan fingerprint density at radius 3 is 2.39 bits per heavy atom. The van der Waals surface area contributed by atoms with E-state index in [1.165, 1.54) is 0 Å². The number of hydrogen-bond acceptors (Lipinski definition) is 3. The van der Waals surface area contributed by atoms with Crippen LogP contribution in [0.4, 0.5) is 4.79 Å². The smallest absolute Gasteiger partial charge is 0.407 e. The topological polar surface area (TPSA) is 55.4 Å². The van der Waals surface area contributed by atoms with Gasteiger partial charge in [0.1, 0.15) is 11.9 Å². The molecule has 2 rings (SSSR count). The van der Waals surface area contributed by atoms with E-state index >= 15 is 0 Å². The van der Waals surface area contributed by atoms with E-state index in [-0.39, 0.29) is 23.5 Å². The fourth-order valence-corrected chi connectivity index (χ4v) is 2.96. The van der Waals surface area contributed by atoms with E-state index in [1.54, 1.807) is 0 Å². The van der Waals surface area contributed by atoms with Crippen LogP contribution in [0.5, 0.6) is 0 Å². The Bertz CT molecular complexity index is 337. The van der Waals surface area contributed by atoms with Gasteiger partial charge >= 0.3 is 6.09 Å². The molecule has 4 heteroatoms. The van der Waals surface area contributed by atoms with Crippen molar-refractivity contribution in [3.63, 3.8) is 0 Å². The predicted molar refractivity (Wildman–Crippen MR) is 68.2 cm³/mol. The van der Waals surface area contributed by atoms with E-state index < -0.39 is 5.60 Å². The maximum Gasteiger partial charge on any atom is 0.407 e. The van der Waals surface area contributed by atoms with E-state index in [4.69, 9.17) is 4.74 Å². The molecule has 4 nitrogen and oxygen atoms in total. The zero-order valence-corrected chi connectivity index (χ0v) is 11.5. The summed E-state index contributed by atoms with van der Waals surface area (Å²) in [6.07, 6.45) is 5.85. The van der Waals surface area contributed by atoms with Crippen molar-refractivity contribution in [2.24, 2.45) is 11.3 Å². The summed E-state index contributed by atoms with van der Waals surface area (Å²) >= 11 is 0. The fraction of sp³-hybridized carbons (Fsp3) is 0.857. The summed E-state index contributed by atoms with van der Waals surface area (Å²) < 4.78 is 5.24. The fourth-order valence-electron chi connectivity index (χ4n) is 2.96. The Balaban J connectivity index is 1.74. The van der Waals surface area contributed by atoms with Crippen LogP contribution in [0.3, 0.4) is 0 Å².